The Hall–Kier alpha value is -1.03. The van der Waals surface area contributed by atoms with Crippen molar-refractivity contribution in [1.29, 1.82) is 0 Å². The molecule has 0 saturated carbocycles. The zero-order valence-corrected chi connectivity index (χ0v) is 18.2. The molecule has 3 atom stereocenters. The molecule has 0 aliphatic carbocycles. The third-order valence-electron chi connectivity index (χ3n) is 3.82. The molecule has 11 heteroatoms. The number of ether oxygens (including phenoxy) is 2. The Balaban J connectivity index is 4.29. The van der Waals surface area contributed by atoms with Gasteiger partial charge in [0.25, 0.3) is 0 Å². The number of rotatable bonds is 18. The highest BCUT2D eigenvalue weighted by molar-refractivity contribution is 7.47. The Morgan fingerprint density at radius 1 is 0.793 bits per heavy atom. The molecule has 0 aliphatic heterocycles. The maximum atomic E-state index is 11.9. The molecule has 0 rings (SSSR count). The lowest BCUT2D eigenvalue weighted by molar-refractivity contribution is -0.153. The molecule has 10 nitrogen and oxygen atoms in total. The first-order chi connectivity index (χ1) is 13.8. The normalized spacial score (nSPS) is 15.3. The van der Waals surface area contributed by atoms with Gasteiger partial charge in [0.2, 0.25) is 0 Å². The molecule has 0 radical (unpaired) electrons. The van der Waals surface area contributed by atoms with Crippen LogP contribution in [0.15, 0.2) is 0 Å². The third kappa shape index (κ3) is 15.5. The van der Waals surface area contributed by atoms with Gasteiger partial charge in [-0.25, -0.2) is 4.57 Å². The van der Waals surface area contributed by atoms with E-state index in [4.69, 9.17) is 18.5 Å². The number of aliphatic hydroxyl groups excluding tert-OH is 2. The van der Waals surface area contributed by atoms with E-state index in [1.54, 1.807) is 0 Å². The fraction of sp³-hybridized carbons (Fsp3) is 0.889. The van der Waals surface area contributed by atoms with E-state index < -0.39 is 58.4 Å². The van der Waals surface area contributed by atoms with Crippen LogP contribution < -0.4 is 0 Å². The van der Waals surface area contributed by atoms with Crippen molar-refractivity contribution >= 4 is 19.8 Å². The second-order valence-corrected chi connectivity index (χ2v) is 8.02. The largest absolute Gasteiger partial charge is 0.472 e. The topological polar surface area (TPSA) is 149 Å². The molecule has 0 spiro atoms. The standard InChI is InChI=1S/C18H35O10P/c1-3-5-7-8-10-18(22)28-16(12-20)14-26-29(23,24)25-13-15(11-19)27-17(21)9-6-4-2/h15-16,19-20H,3-14H2,1-2H3,(H,23,24). The summed E-state index contributed by atoms with van der Waals surface area (Å²) in [5, 5.41) is 18.4. The minimum atomic E-state index is -4.57. The number of carbonyl (C=O) groups is 2. The van der Waals surface area contributed by atoms with Crippen molar-refractivity contribution < 1.29 is 47.8 Å². The monoisotopic (exact) mass is 442 g/mol. The molecule has 3 unspecified atom stereocenters. The molecule has 0 fully saturated rings. The number of unbranched alkanes of at least 4 members (excludes halogenated alkanes) is 4. The van der Waals surface area contributed by atoms with Crippen LogP contribution in [0.2, 0.25) is 0 Å². The molecule has 0 aromatic rings. The van der Waals surface area contributed by atoms with E-state index in [1.807, 2.05) is 13.8 Å². The molecule has 0 aromatic heterocycles. The number of hydrogen-bond acceptors (Lipinski definition) is 9. The molecule has 0 aromatic carbocycles. The maximum Gasteiger partial charge on any atom is 0.472 e. The number of phosphoric acid groups is 1. The van der Waals surface area contributed by atoms with Crippen molar-refractivity contribution in [3.8, 4) is 0 Å². The molecule has 0 aliphatic rings. The molecule has 3 N–H and O–H groups in total. The summed E-state index contributed by atoms with van der Waals surface area (Å²) in [5.74, 6) is -1.08. The molecule has 0 saturated heterocycles. The Morgan fingerprint density at radius 2 is 1.24 bits per heavy atom. The van der Waals surface area contributed by atoms with Crippen molar-refractivity contribution in [3.05, 3.63) is 0 Å². The third-order valence-corrected chi connectivity index (χ3v) is 4.77. The van der Waals surface area contributed by atoms with Gasteiger partial charge in [0.05, 0.1) is 26.4 Å². The van der Waals surface area contributed by atoms with Crippen LogP contribution in [-0.4, -0.2) is 65.7 Å². The Labute approximate surface area is 172 Å². The Bertz CT molecular complexity index is 499. The average molecular weight is 442 g/mol. The van der Waals surface area contributed by atoms with E-state index in [9.17, 15) is 29.3 Å². The molecule has 0 heterocycles. The average Bonchev–Trinajstić information content (AvgIpc) is 2.69. The quantitative estimate of drug-likeness (QED) is 0.164. The summed E-state index contributed by atoms with van der Waals surface area (Å²) < 4.78 is 31.3. The highest BCUT2D eigenvalue weighted by Crippen LogP contribution is 2.43. The lowest BCUT2D eigenvalue weighted by atomic mass is 10.1. The lowest BCUT2D eigenvalue weighted by Gasteiger charge is -2.20. The fourth-order valence-corrected chi connectivity index (χ4v) is 2.93. The van der Waals surface area contributed by atoms with Gasteiger partial charge in [-0.2, -0.15) is 0 Å². The highest BCUT2D eigenvalue weighted by Gasteiger charge is 2.27. The zero-order valence-electron chi connectivity index (χ0n) is 17.3. The van der Waals surface area contributed by atoms with Gasteiger partial charge in [-0.1, -0.05) is 39.5 Å². The first-order valence-corrected chi connectivity index (χ1v) is 11.5. The van der Waals surface area contributed by atoms with E-state index in [0.717, 1.165) is 25.7 Å². The zero-order chi connectivity index (χ0) is 22.1. The van der Waals surface area contributed by atoms with Crippen molar-refractivity contribution in [1.82, 2.24) is 0 Å². The van der Waals surface area contributed by atoms with Crippen LogP contribution in [0.25, 0.3) is 0 Å². The van der Waals surface area contributed by atoms with E-state index in [1.165, 1.54) is 0 Å². The SMILES string of the molecule is CCCCCCC(=O)OC(CO)COP(=O)(O)OCC(CO)OC(=O)CCCC. The second kappa shape index (κ2) is 16.7. The van der Waals surface area contributed by atoms with Crippen LogP contribution in [0.1, 0.15) is 65.2 Å². The molecule has 29 heavy (non-hydrogen) atoms. The van der Waals surface area contributed by atoms with Gasteiger partial charge >= 0.3 is 19.8 Å². The molecule has 0 amide bonds. The van der Waals surface area contributed by atoms with Crippen LogP contribution in [0.3, 0.4) is 0 Å². The van der Waals surface area contributed by atoms with Crippen LogP contribution in [0, 0.1) is 0 Å². The van der Waals surface area contributed by atoms with Crippen molar-refractivity contribution in [2.24, 2.45) is 0 Å². The predicted molar refractivity (Wildman–Crippen MR) is 104 cm³/mol. The van der Waals surface area contributed by atoms with Gasteiger partial charge in [-0.3, -0.25) is 18.6 Å². The van der Waals surface area contributed by atoms with Crippen LogP contribution in [-0.2, 0) is 32.7 Å². The van der Waals surface area contributed by atoms with Crippen LogP contribution in [0.5, 0.6) is 0 Å². The summed E-state index contributed by atoms with van der Waals surface area (Å²) in [6.07, 6.45) is 3.14. The summed E-state index contributed by atoms with van der Waals surface area (Å²) in [6.45, 7) is 1.67. The van der Waals surface area contributed by atoms with Gasteiger partial charge in [0.15, 0.2) is 0 Å². The minimum Gasteiger partial charge on any atom is -0.457 e. The van der Waals surface area contributed by atoms with Gasteiger partial charge in [-0.05, 0) is 12.8 Å². The smallest absolute Gasteiger partial charge is 0.457 e. The van der Waals surface area contributed by atoms with Crippen LogP contribution >= 0.6 is 7.82 Å². The highest BCUT2D eigenvalue weighted by atomic mass is 31.2. The minimum absolute atomic E-state index is 0.169. The molecule has 172 valence electrons. The number of carbonyl (C=O) groups excluding carboxylic acids is 2. The Kier molecular flexibility index (Phi) is 16.1. The predicted octanol–water partition coefficient (Wildman–Crippen LogP) is 2.09. The number of aliphatic hydroxyl groups is 2. The maximum absolute atomic E-state index is 11.9. The van der Waals surface area contributed by atoms with Gasteiger partial charge < -0.3 is 24.6 Å². The van der Waals surface area contributed by atoms with Crippen molar-refractivity contribution in [2.75, 3.05) is 26.4 Å². The van der Waals surface area contributed by atoms with Gasteiger partial charge in [0.1, 0.15) is 12.2 Å². The number of phosphoric ester groups is 1. The van der Waals surface area contributed by atoms with E-state index in [-0.39, 0.29) is 12.8 Å². The van der Waals surface area contributed by atoms with E-state index in [2.05, 4.69) is 0 Å². The first kappa shape index (κ1) is 28.0. The second-order valence-electron chi connectivity index (χ2n) is 6.56. The van der Waals surface area contributed by atoms with Gasteiger partial charge in [0, 0.05) is 12.8 Å². The van der Waals surface area contributed by atoms with E-state index in [0.29, 0.717) is 12.8 Å². The fourth-order valence-electron chi connectivity index (χ4n) is 2.15. The molecular formula is C18H35O10P. The Morgan fingerprint density at radius 3 is 1.66 bits per heavy atom. The summed E-state index contributed by atoms with van der Waals surface area (Å²) in [4.78, 5) is 32.9. The van der Waals surface area contributed by atoms with Crippen molar-refractivity contribution in [3.63, 3.8) is 0 Å². The van der Waals surface area contributed by atoms with Crippen LogP contribution in [0.4, 0.5) is 0 Å². The first-order valence-electron chi connectivity index (χ1n) is 10.00. The summed E-state index contributed by atoms with van der Waals surface area (Å²) in [5.41, 5.74) is 0. The molecular weight excluding hydrogens is 407 g/mol. The number of esters is 2. The van der Waals surface area contributed by atoms with E-state index >= 15 is 0 Å². The molecule has 0 bridgehead atoms. The summed E-state index contributed by atoms with van der Waals surface area (Å²) >= 11 is 0. The van der Waals surface area contributed by atoms with Gasteiger partial charge in [-0.15, -0.1) is 0 Å². The van der Waals surface area contributed by atoms with Crippen molar-refractivity contribution in [2.45, 2.75) is 77.4 Å². The number of hydrogen-bond donors (Lipinski definition) is 3. The summed E-state index contributed by atoms with van der Waals surface area (Å²) in [6, 6.07) is 0. The summed E-state index contributed by atoms with van der Waals surface area (Å²) in [7, 11) is -4.57. The lowest BCUT2D eigenvalue weighted by Crippen LogP contribution is -2.28.